The fourth-order valence-electron chi connectivity index (χ4n) is 3.74. The summed E-state index contributed by atoms with van der Waals surface area (Å²) < 4.78 is 39.5. The number of aliphatic imine (C=N–C) groups is 1. The number of amides is 1. The Morgan fingerprint density at radius 1 is 1.24 bits per heavy atom. The van der Waals surface area contributed by atoms with E-state index in [1.54, 1.807) is 17.0 Å². The highest BCUT2D eigenvalue weighted by Gasteiger charge is 2.34. The second kappa shape index (κ2) is 10.6. The highest BCUT2D eigenvalue weighted by Crippen LogP contribution is 2.36. The van der Waals surface area contributed by atoms with Crippen molar-refractivity contribution < 1.29 is 28.3 Å². The van der Waals surface area contributed by atoms with Crippen LogP contribution in [0.5, 0.6) is 5.75 Å². The van der Waals surface area contributed by atoms with E-state index in [4.69, 9.17) is 5.73 Å². The quantitative estimate of drug-likeness (QED) is 0.332. The maximum Gasteiger partial charge on any atom is 0.418 e. The Kier molecular flexibility index (Phi) is 7.83. The topological polar surface area (TPSA) is 102 Å². The third kappa shape index (κ3) is 6.28. The van der Waals surface area contributed by atoms with Crippen LogP contribution in [0.4, 0.5) is 18.9 Å². The summed E-state index contributed by atoms with van der Waals surface area (Å²) in [4.78, 5) is 17.8. The summed E-state index contributed by atoms with van der Waals surface area (Å²) in [7, 11) is 0. The molecule has 1 aliphatic heterocycles. The number of hydrogen-bond donors (Lipinski definition) is 3. The molecule has 3 rings (SSSR count). The molecule has 10 heteroatoms. The van der Waals surface area contributed by atoms with E-state index in [9.17, 15) is 28.3 Å². The standard InChI is InChI=1S/C24H27F3N4O3/c1-16(32)30-13-10-19(11-14-30)29-23(28)18-8-9-22(33)17(15-18)5-4-12-31(34)21-7-3-2-6-20(21)24(25,26)27/h2-9,15,19,33-34H,10-14H2,1H3,(H2,28,29)/b5-4+. The normalized spacial score (nSPS) is 15.7. The number of phenolic OH excluding ortho intramolecular Hbond substituents is 1. The van der Waals surface area contributed by atoms with Gasteiger partial charge in [-0.15, -0.1) is 0 Å². The number of para-hydroxylation sites is 1. The lowest BCUT2D eigenvalue weighted by molar-refractivity contribution is -0.137. The molecule has 0 atom stereocenters. The number of hydroxylamine groups is 1. The third-order valence-corrected chi connectivity index (χ3v) is 5.62. The summed E-state index contributed by atoms with van der Waals surface area (Å²) in [6, 6.07) is 9.38. The first-order valence-corrected chi connectivity index (χ1v) is 10.8. The van der Waals surface area contributed by atoms with Crippen molar-refractivity contribution >= 4 is 23.5 Å². The van der Waals surface area contributed by atoms with E-state index in [0.29, 0.717) is 48.0 Å². The van der Waals surface area contributed by atoms with Gasteiger partial charge in [0.05, 0.1) is 23.8 Å². The van der Waals surface area contributed by atoms with Gasteiger partial charge < -0.3 is 15.7 Å². The van der Waals surface area contributed by atoms with E-state index in [1.807, 2.05) is 0 Å². The van der Waals surface area contributed by atoms with Crippen LogP contribution in [0.2, 0.25) is 0 Å². The number of likely N-dealkylation sites (tertiary alicyclic amines) is 1. The zero-order chi connectivity index (χ0) is 24.9. The molecule has 182 valence electrons. The van der Waals surface area contributed by atoms with Gasteiger partial charge in [-0.1, -0.05) is 24.3 Å². The molecule has 34 heavy (non-hydrogen) atoms. The first kappa shape index (κ1) is 25.1. The van der Waals surface area contributed by atoms with Crippen LogP contribution >= 0.6 is 0 Å². The third-order valence-electron chi connectivity index (χ3n) is 5.62. The molecule has 0 aromatic heterocycles. The summed E-state index contributed by atoms with van der Waals surface area (Å²) in [6.45, 7) is 2.54. The number of benzene rings is 2. The van der Waals surface area contributed by atoms with Crippen molar-refractivity contribution in [1.82, 2.24) is 4.90 Å². The van der Waals surface area contributed by atoms with Crippen molar-refractivity contribution in [1.29, 1.82) is 0 Å². The Morgan fingerprint density at radius 3 is 2.56 bits per heavy atom. The summed E-state index contributed by atoms with van der Waals surface area (Å²) in [5.41, 5.74) is 5.79. The minimum absolute atomic E-state index is 0.0138. The van der Waals surface area contributed by atoms with E-state index in [2.05, 4.69) is 4.99 Å². The number of hydrogen-bond acceptors (Lipinski definition) is 5. The highest BCUT2D eigenvalue weighted by atomic mass is 19.4. The van der Waals surface area contributed by atoms with Gasteiger partial charge in [0.15, 0.2) is 0 Å². The van der Waals surface area contributed by atoms with Gasteiger partial charge in [-0.05, 0) is 43.2 Å². The summed E-state index contributed by atoms with van der Waals surface area (Å²) >= 11 is 0. The van der Waals surface area contributed by atoms with Crippen molar-refractivity contribution in [2.75, 3.05) is 24.7 Å². The molecule has 0 radical (unpaired) electrons. The minimum atomic E-state index is -4.60. The molecule has 7 nitrogen and oxygen atoms in total. The number of amidine groups is 1. The average molecular weight is 476 g/mol. The van der Waals surface area contributed by atoms with Crippen LogP contribution in [0.15, 0.2) is 53.5 Å². The van der Waals surface area contributed by atoms with Crippen molar-refractivity contribution in [3.8, 4) is 5.75 Å². The van der Waals surface area contributed by atoms with Gasteiger partial charge in [0.2, 0.25) is 5.91 Å². The van der Waals surface area contributed by atoms with E-state index >= 15 is 0 Å². The number of alkyl halides is 3. The van der Waals surface area contributed by atoms with Crippen LogP contribution in [-0.4, -0.2) is 52.6 Å². The SMILES string of the molecule is CC(=O)N1CCC(N=C(N)c2ccc(O)c(/C=C/CN(O)c3ccccc3C(F)(F)F)c2)CC1. The number of halogens is 3. The number of phenols is 1. The molecular formula is C24H27F3N4O3. The van der Waals surface area contributed by atoms with Crippen molar-refractivity contribution in [2.45, 2.75) is 32.0 Å². The Hall–Kier alpha value is -3.53. The van der Waals surface area contributed by atoms with Crippen molar-refractivity contribution in [3.05, 3.63) is 65.2 Å². The predicted molar refractivity (Wildman–Crippen MR) is 124 cm³/mol. The van der Waals surface area contributed by atoms with Gasteiger partial charge in [-0.2, -0.15) is 13.2 Å². The van der Waals surface area contributed by atoms with Gasteiger partial charge in [-0.25, -0.2) is 0 Å². The van der Waals surface area contributed by atoms with Gasteiger partial charge in [0.1, 0.15) is 11.6 Å². The van der Waals surface area contributed by atoms with Gasteiger partial charge in [0, 0.05) is 31.1 Å². The Balaban J connectivity index is 1.69. The number of nitrogens with two attached hydrogens (primary N) is 1. The molecule has 1 heterocycles. The zero-order valence-electron chi connectivity index (χ0n) is 18.7. The number of carbonyl (C=O) groups is 1. The molecule has 1 fully saturated rings. The maximum atomic E-state index is 13.2. The van der Waals surface area contributed by atoms with Gasteiger partial charge in [0.25, 0.3) is 0 Å². The largest absolute Gasteiger partial charge is 0.507 e. The first-order chi connectivity index (χ1) is 16.1. The van der Waals surface area contributed by atoms with Crippen molar-refractivity contribution in [3.63, 3.8) is 0 Å². The number of anilines is 1. The molecule has 2 aromatic carbocycles. The monoisotopic (exact) mass is 476 g/mol. The number of carbonyl (C=O) groups excluding carboxylic acids is 1. The lowest BCUT2D eigenvalue weighted by Gasteiger charge is -2.29. The van der Waals surface area contributed by atoms with E-state index in [0.717, 1.165) is 6.07 Å². The second-order valence-electron chi connectivity index (χ2n) is 8.02. The zero-order valence-corrected chi connectivity index (χ0v) is 18.7. The molecule has 4 N–H and O–H groups in total. The first-order valence-electron chi connectivity index (χ1n) is 10.8. The highest BCUT2D eigenvalue weighted by molar-refractivity contribution is 5.98. The molecule has 0 unspecified atom stereocenters. The molecule has 0 bridgehead atoms. The van der Waals surface area contributed by atoms with Crippen LogP contribution < -0.4 is 10.8 Å². The maximum absolute atomic E-state index is 13.2. The number of nitrogens with zero attached hydrogens (tertiary/aromatic N) is 3. The predicted octanol–water partition coefficient (Wildman–Crippen LogP) is 4.04. The number of aromatic hydroxyl groups is 1. The Bertz CT molecular complexity index is 1080. The lowest BCUT2D eigenvalue weighted by atomic mass is 10.0. The summed E-state index contributed by atoms with van der Waals surface area (Å²) in [5, 5.41) is 20.8. The minimum Gasteiger partial charge on any atom is -0.507 e. The number of rotatable bonds is 6. The molecule has 1 amide bonds. The smallest absolute Gasteiger partial charge is 0.418 e. The molecule has 0 spiro atoms. The Morgan fingerprint density at radius 2 is 1.91 bits per heavy atom. The second-order valence-corrected chi connectivity index (χ2v) is 8.02. The Labute approximate surface area is 195 Å². The lowest BCUT2D eigenvalue weighted by Crippen LogP contribution is -2.38. The molecular weight excluding hydrogens is 449 g/mol. The van der Waals surface area contributed by atoms with E-state index < -0.39 is 11.7 Å². The fraction of sp³-hybridized carbons (Fsp3) is 0.333. The molecule has 0 saturated carbocycles. The van der Waals surface area contributed by atoms with Crippen LogP contribution in [0.25, 0.3) is 6.08 Å². The number of piperidine rings is 1. The molecule has 2 aromatic rings. The van der Waals surface area contributed by atoms with Crippen LogP contribution in [-0.2, 0) is 11.0 Å². The van der Waals surface area contributed by atoms with E-state index in [1.165, 1.54) is 43.3 Å². The molecule has 1 saturated heterocycles. The van der Waals surface area contributed by atoms with E-state index in [-0.39, 0.29) is 29.9 Å². The summed E-state index contributed by atoms with van der Waals surface area (Å²) in [6.07, 6.45) is -0.283. The summed E-state index contributed by atoms with van der Waals surface area (Å²) in [5.74, 6) is 0.273. The average Bonchev–Trinajstić information content (AvgIpc) is 2.80. The van der Waals surface area contributed by atoms with Crippen LogP contribution in [0, 0.1) is 0 Å². The van der Waals surface area contributed by atoms with Gasteiger partial charge >= 0.3 is 6.18 Å². The van der Waals surface area contributed by atoms with Crippen LogP contribution in [0.1, 0.15) is 36.5 Å². The van der Waals surface area contributed by atoms with Crippen molar-refractivity contribution in [2.24, 2.45) is 10.7 Å². The van der Waals surface area contributed by atoms with Crippen LogP contribution in [0.3, 0.4) is 0 Å². The molecule has 1 aliphatic rings. The molecule has 0 aliphatic carbocycles. The fourth-order valence-corrected chi connectivity index (χ4v) is 3.74. The van der Waals surface area contributed by atoms with Gasteiger partial charge in [-0.3, -0.25) is 20.1 Å².